The second-order valence-corrected chi connectivity index (χ2v) is 10.2. The van der Waals surface area contributed by atoms with Gasteiger partial charge in [-0.1, -0.05) is 6.92 Å². The Morgan fingerprint density at radius 2 is 1.91 bits per heavy atom. The number of hydrogen-bond acceptors (Lipinski definition) is 7. The topological polar surface area (TPSA) is 105 Å². The van der Waals surface area contributed by atoms with Gasteiger partial charge in [0.25, 0.3) is 0 Å². The number of nitrogens with one attached hydrogen (secondary N) is 2. The zero-order valence-corrected chi connectivity index (χ0v) is 21.4. The average molecular weight is 476 g/mol. The molecule has 1 aliphatic carbocycles. The van der Waals surface area contributed by atoms with E-state index in [0.29, 0.717) is 11.8 Å². The quantitative estimate of drug-likeness (QED) is 0.438. The zero-order valence-electron chi connectivity index (χ0n) is 21.4. The van der Waals surface area contributed by atoms with Gasteiger partial charge in [0.05, 0.1) is 11.1 Å². The van der Waals surface area contributed by atoms with Crippen LogP contribution in [0.25, 0.3) is 27.9 Å². The summed E-state index contributed by atoms with van der Waals surface area (Å²) in [4.78, 5) is 28.5. The van der Waals surface area contributed by atoms with Crippen LogP contribution in [0.4, 0.5) is 11.8 Å². The van der Waals surface area contributed by atoms with E-state index in [1.54, 1.807) is 19.0 Å². The maximum absolute atomic E-state index is 12.4. The van der Waals surface area contributed by atoms with Gasteiger partial charge >= 0.3 is 0 Å². The van der Waals surface area contributed by atoms with E-state index in [0.717, 1.165) is 46.6 Å². The molecule has 5 rings (SSSR count). The van der Waals surface area contributed by atoms with Crippen molar-refractivity contribution in [3.05, 3.63) is 30.2 Å². The number of carbonyl (C=O) groups excluding carboxylic acids is 1. The van der Waals surface area contributed by atoms with Gasteiger partial charge < -0.3 is 20.1 Å². The van der Waals surface area contributed by atoms with Crippen LogP contribution >= 0.6 is 0 Å². The molecule has 10 heteroatoms. The minimum Gasteiger partial charge on any atom is -0.371 e. The van der Waals surface area contributed by atoms with Crippen LogP contribution in [-0.2, 0) is 4.79 Å². The maximum atomic E-state index is 12.4. The molecular formula is C25H33N9O. The molecule has 0 bridgehead atoms. The summed E-state index contributed by atoms with van der Waals surface area (Å²) < 4.78 is 3.98. The Bertz CT molecular complexity index is 1430. The normalized spacial score (nSPS) is 19.8. The average Bonchev–Trinajstić information content (AvgIpc) is 3.36. The molecule has 4 aromatic heterocycles. The van der Waals surface area contributed by atoms with E-state index in [-0.39, 0.29) is 23.4 Å². The molecule has 1 aliphatic rings. The number of pyridine rings is 1. The summed E-state index contributed by atoms with van der Waals surface area (Å²) >= 11 is 0. The standard InChI is InChI=1S/C25H33N9O/c1-14(2)34-15(3)27-19-9-8-18(29-22(19)34)17-10-11-33-20(17)21(26-5)30-24(31-33)28-16-12-25(4,13-16)23(35)32(6)7/h8-11,14,16H,12-13H2,1-7H3,(H2,26,28,30,31). The number of amides is 1. The molecule has 0 radical (unpaired) electrons. The molecule has 0 unspecified atom stereocenters. The highest BCUT2D eigenvalue weighted by Crippen LogP contribution is 2.43. The molecule has 0 saturated heterocycles. The zero-order chi connectivity index (χ0) is 25.1. The molecule has 2 N–H and O–H groups in total. The van der Waals surface area contributed by atoms with Crippen molar-refractivity contribution in [1.82, 2.24) is 34.0 Å². The lowest BCUT2D eigenvalue weighted by Gasteiger charge is -2.45. The van der Waals surface area contributed by atoms with Gasteiger partial charge in [0.15, 0.2) is 11.5 Å². The lowest BCUT2D eigenvalue weighted by Crippen LogP contribution is -2.52. The number of nitrogens with zero attached hydrogens (tertiary/aromatic N) is 7. The SMILES string of the molecule is CNc1nc(NC2CC(C)(C(=O)N(C)C)C2)nn2ccc(-c3ccc4nc(C)n(C(C)C)c4n3)c12. The lowest BCUT2D eigenvalue weighted by molar-refractivity contribution is -0.143. The molecule has 4 heterocycles. The molecule has 0 atom stereocenters. The van der Waals surface area contributed by atoms with E-state index in [1.807, 2.05) is 49.8 Å². The minimum atomic E-state index is -0.330. The third-order valence-electron chi connectivity index (χ3n) is 6.90. The number of fused-ring (bicyclic) bond motifs is 2. The van der Waals surface area contributed by atoms with Crippen molar-refractivity contribution >= 4 is 34.4 Å². The van der Waals surface area contributed by atoms with Crippen LogP contribution in [0.5, 0.6) is 0 Å². The summed E-state index contributed by atoms with van der Waals surface area (Å²) in [7, 11) is 5.46. The second-order valence-electron chi connectivity index (χ2n) is 10.2. The first-order valence-electron chi connectivity index (χ1n) is 12.0. The minimum absolute atomic E-state index is 0.157. The van der Waals surface area contributed by atoms with Crippen molar-refractivity contribution < 1.29 is 4.79 Å². The van der Waals surface area contributed by atoms with Gasteiger partial charge in [-0.05, 0) is 51.8 Å². The molecule has 10 nitrogen and oxygen atoms in total. The predicted octanol–water partition coefficient (Wildman–Crippen LogP) is 3.74. The first-order valence-corrected chi connectivity index (χ1v) is 12.0. The van der Waals surface area contributed by atoms with Crippen molar-refractivity contribution in [3.8, 4) is 11.3 Å². The smallest absolute Gasteiger partial charge is 0.243 e. The van der Waals surface area contributed by atoms with E-state index in [4.69, 9.17) is 15.1 Å². The van der Waals surface area contributed by atoms with Crippen LogP contribution in [0.1, 0.15) is 45.5 Å². The molecule has 1 amide bonds. The fourth-order valence-corrected chi connectivity index (χ4v) is 5.35. The fourth-order valence-electron chi connectivity index (χ4n) is 5.35. The number of hydrogen-bond donors (Lipinski definition) is 2. The van der Waals surface area contributed by atoms with Gasteiger partial charge in [0.1, 0.15) is 16.9 Å². The van der Waals surface area contributed by atoms with Gasteiger partial charge in [0, 0.05) is 45.0 Å². The Morgan fingerprint density at radius 1 is 1.17 bits per heavy atom. The molecule has 4 aromatic rings. The third kappa shape index (κ3) is 3.77. The molecule has 0 spiro atoms. The highest BCUT2D eigenvalue weighted by Gasteiger charge is 2.47. The van der Waals surface area contributed by atoms with Gasteiger partial charge in [-0.3, -0.25) is 4.79 Å². The van der Waals surface area contributed by atoms with E-state index in [2.05, 4.69) is 34.0 Å². The van der Waals surface area contributed by atoms with Crippen LogP contribution in [0.3, 0.4) is 0 Å². The molecule has 1 fully saturated rings. The Balaban J connectivity index is 1.47. The molecular weight excluding hydrogens is 442 g/mol. The van der Waals surface area contributed by atoms with Crippen LogP contribution in [0.2, 0.25) is 0 Å². The van der Waals surface area contributed by atoms with Crippen LogP contribution in [0.15, 0.2) is 24.4 Å². The summed E-state index contributed by atoms with van der Waals surface area (Å²) in [5.41, 5.74) is 4.09. The van der Waals surface area contributed by atoms with Crippen molar-refractivity contribution in [1.29, 1.82) is 0 Å². The van der Waals surface area contributed by atoms with Gasteiger partial charge in [-0.2, -0.15) is 4.98 Å². The molecule has 0 aliphatic heterocycles. The molecule has 184 valence electrons. The van der Waals surface area contributed by atoms with Crippen molar-refractivity contribution in [2.24, 2.45) is 5.41 Å². The van der Waals surface area contributed by atoms with Gasteiger partial charge in [-0.15, -0.1) is 5.10 Å². The van der Waals surface area contributed by atoms with Gasteiger partial charge in [-0.25, -0.2) is 14.5 Å². The van der Waals surface area contributed by atoms with Crippen molar-refractivity contribution in [2.45, 2.75) is 52.6 Å². The Hall–Kier alpha value is -3.69. The van der Waals surface area contributed by atoms with E-state index < -0.39 is 0 Å². The summed E-state index contributed by atoms with van der Waals surface area (Å²) in [5, 5.41) is 11.3. The highest BCUT2D eigenvalue weighted by atomic mass is 16.2. The summed E-state index contributed by atoms with van der Waals surface area (Å²) in [5.74, 6) is 2.36. The van der Waals surface area contributed by atoms with Crippen LogP contribution in [0, 0.1) is 12.3 Å². The number of aryl methyl sites for hydroxylation is 1. The number of aromatic nitrogens is 6. The van der Waals surface area contributed by atoms with E-state index in [9.17, 15) is 4.79 Å². The number of imidazole rings is 1. The first kappa shape index (κ1) is 23.1. The van der Waals surface area contributed by atoms with E-state index in [1.165, 1.54) is 0 Å². The Labute approximate surface area is 204 Å². The monoisotopic (exact) mass is 475 g/mol. The highest BCUT2D eigenvalue weighted by molar-refractivity contribution is 5.89. The maximum Gasteiger partial charge on any atom is 0.243 e. The molecule has 1 saturated carbocycles. The summed E-state index contributed by atoms with van der Waals surface area (Å²) in [6.45, 7) is 8.31. The predicted molar refractivity (Wildman–Crippen MR) is 138 cm³/mol. The van der Waals surface area contributed by atoms with Crippen molar-refractivity contribution in [2.75, 3.05) is 31.8 Å². The Morgan fingerprint density at radius 3 is 2.57 bits per heavy atom. The number of anilines is 2. The largest absolute Gasteiger partial charge is 0.371 e. The van der Waals surface area contributed by atoms with Crippen LogP contribution in [-0.4, -0.2) is 67.1 Å². The van der Waals surface area contributed by atoms with Crippen LogP contribution < -0.4 is 10.6 Å². The summed E-state index contributed by atoms with van der Waals surface area (Å²) in [6, 6.07) is 6.45. The molecule has 0 aromatic carbocycles. The fraction of sp³-hybridized carbons (Fsp3) is 0.480. The lowest BCUT2D eigenvalue weighted by atomic mass is 9.66. The number of rotatable bonds is 6. The van der Waals surface area contributed by atoms with E-state index >= 15 is 0 Å². The summed E-state index contributed by atoms with van der Waals surface area (Å²) in [6.07, 6.45) is 3.43. The first-order chi connectivity index (χ1) is 16.6. The second kappa shape index (κ2) is 8.21. The Kier molecular flexibility index (Phi) is 5.41. The van der Waals surface area contributed by atoms with Gasteiger partial charge in [0.2, 0.25) is 11.9 Å². The number of carbonyl (C=O) groups is 1. The van der Waals surface area contributed by atoms with Crippen molar-refractivity contribution in [3.63, 3.8) is 0 Å². The molecule has 35 heavy (non-hydrogen) atoms. The third-order valence-corrected chi connectivity index (χ3v) is 6.90.